The van der Waals surface area contributed by atoms with E-state index in [0.29, 0.717) is 24.3 Å². The van der Waals surface area contributed by atoms with Crippen molar-refractivity contribution in [3.8, 4) is 0 Å². The molecule has 0 saturated heterocycles. The fourth-order valence-corrected chi connectivity index (χ4v) is 4.40. The van der Waals surface area contributed by atoms with Gasteiger partial charge in [-0.1, -0.05) is 45.0 Å². The molecule has 0 aliphatic carbocycles. The van der Waals surface area contributed by atoms with Crippen LogP contribution in [0.25, 0.3) is 0 Å². The van der Waals surface area contributed by atoms with Crippen molar-refractivity contribution in [3.63, 3.8) is 0 Å². The molecule has 2 aromatic carbocycles. The van der Waals surface area contributed by atoms with Crippen molar-refractivity contribution in [2.45, 2.75) is 44.9 Å². The maximum atomic E-state index is 12.5. The molecule has 0 aliphatic rings. The lowest BCUT2D eigenvalue weighted by atomic mass is 10.0. The number of nitrogens with one attached hydrogen (secondary N) is 1. The molecule has 0 bridgehead atoms. The van der Waals surface area contributed by atoms with Gasteiger partial charge in [-0.2, -0.15) is 4.31 Å². The predicted octanol–water partition coefficient (Wildman–Crippen LogP) is 3.88. The van der Waals surface area contributed by atoms with E-state index in [4.69, 9.17) is 0 Å². The monoisotopic (exact) mass is 416 g/mol. The number of sulfonamides is 1. The third-order valence-electron chi connectivity index (χ3n) is 4.74. The van der Waals surface area contributed by atoms with Gasteiger partial charge in [0.1, 0.15) is 0 Å². The summed E-state index contributed by atoms with van der Waals surface area (Å²) in [5.74, 6) is -0.369. The third-order valence-corrected chi connectivity index (χ3v) is 6.81. The SMILES string of the molecule is CCc1ccc(C(=O)CCC(=O)Nc2ccc(S(=O)(=O)N(CC)CC)cc2)cc1. The van der Waals surface area contributed by atoms with Crippen molar-refractivity contribution in [1.82, 2.24) is 4.31 Å². The Morgan fingerprint density at radius 2 is 1.45 bits per heavy atom. The van der Waals surface area contributed by atoms with Crippen LogP contribution in [0.2, 0.25) is 0 Å². The van der Waals surface area contributed by atoms with Crippen LogP contribution in [0.1, 0.15) is 49.5 Å². The molecular formula is C22H28N2O4S. The van der Waals surface area contributed by atoms with Gasteiger partial charge >= 0.3 is 0 Å². The molecule has 0 aliphatic heterocycles. The van der Waals surface area contributed by atoms with Crippen LogP contribution in [0, 0.1) is 0 Å². The van der Waals surface area contributed by atoms with Crippen LogP contribution < -0.4 is 5.32 Å². The second-order valence-electron chi connectivity index (χ2n) is 6.64. The third kappa shape index (κ3) is 5.98. The summed E-state index contributed by atoms with van der Waals surface area (Å²) in [5, 5.41) is 2.70. The van der Waals surface area contributed by atoms with Crippen LogP contribution in [0.15, 0.2) is 53.4 Å². The van der Waals surface area contributed by atoms with E-state index in [-0.39, 0.29) is 29.4 Å². The second-order valence-corrected chi connectivity index (χ2v) is 8.57. The Morgan fingerprint density at radius 1 is 0.862 bits per heavy atom. The number of rotatable bonds is 10. The van der Waals surface area contributed by atoms with E-state index in [1.807, 2.05) is 19.1 Å². The van der Waals surface area contributed by atoms with Gasteiger partial charge in [0.25, 0.3) is 0 Å². The average Bonchev–Trinajstić information content (AvgIpc) is 2.73. The zero-order valence-corrected chi connectivity index (χ0v) is 18.0. The fourth-order valence-electron chi connectivity index (χ4n) is 2.94. The number of carbonyl (C=O) groups excluding carboxylic acids is 2. The number of nitrogens with zero attached hydrogens (tertiary/aromatic N) is 1. The molecule has 0 heterocycles. The molecule has 6 nitrogen and oxygen atoms in total. The Balaban J connectivity index is 1.92. The summed E-state index contributed by atoms with van der Waals surface area (Å²) in [6, 6.07) is 13.5. The van der Waals surface area contributed by atoms with Gasteiger partial charge in [-0.3, -0.25) is 9.59 Å². The zero-order valence-electron chi connectivity index (χ0n) is 17.1. The molecule has 7 heteroatoms. The van der Waals surface area contributed by atoms with E-state index in [2.05, 4.69) is 5.32 Å². The summed E-state index contributed by atoms with van der Waals surface area (Å²) < 4.78 is 26.3. The fraction of sp³-hybridized carbons (Fsp3) is 0.364. The number of hydrogen-bond donors (Lipinski definition) is 1. The summed E-state index contributed by atoms with van der Waals surface area (Å²) >= 11 is 0. The Bertz CT molecular complexity index is 932. The van der Waals surface area contributed by atoms with Crippen LogP contribution >= 0.6 is 0 Å². The molecule has 0 spiro atoms. The number of ketones is 1. The molecule has 1 amide bonds. The molecule has 0 atom stereocenters. The number of benzene rings is 2. The van der Waals surface area contributed by atoms with E-state index in [9.17, 15) is 18.0 Å². The number of anilines is 1. The summed E-state index contributed by atoms with van der Waals surface area (Å²) in [4.78, 5) is 24.6. The van der Waals surface area contributed by atoms with Crippen molar-refractivity contribution in [2.75, 3.05) is 18.4 Å². The first-order chi connectivity index (χ1) is 13.8. The second kappa shape index (κ2) is 10.3. The molecule has 0 saturated carbocycles. The minimum Gasteiger partial charge on any atom is -0.326 e. The number of carbonyl (C=O) groups is 2. The molecule has 29 heavy (non-hydrogen) atoms. The average molecular weight is 417 g/mol. The van der Waals surface area contributed by atoms with E-state index >= 15 is 0 Å². The van der Waals surface area contributed by atoms with Crippen molar-refractivity contribution < 1.29 is 18.0 Å². The highest BCUT2D eigenvalue weighted by atomic mass is 32.2. The van der Waals surface area contributed by atoms with Crippen molar-refractivity contribution in [1.29, 1.82) is 0 Å². The van der Waals surface area contributed by atoms with E-state index in [1.54, 1.807) is 38.1 Å². The number of hydrogen-bond acceptors (Lipinski definition) is 4. The Hall–Kier alpha value is -2.51. The first-order valence-corrected chi connectivity index (χ1v) is 11.3. The lowest BCUT2D eigenvalue weighted by Gasteiger charge is -2.18. The number of amides is 1. The van der Waals surface area contributed by atoms with Crippen molar-refractivity contribution >= 4 is 27.4 Å². The zero-order chi connectivity index (χ0) is 21.4. The normalized spacial score (nSPS) is 11.4. The number of Topliss-reactive ketones (excluding diaryl/α,β-unsaturated/α-hetero) is 1. The predicted molar refractivity (Wildman–Crippen MR) is 115 cm³/mol. The molecule has 0 aromatic heterocycles. The first kappa shape index (κ1) is 22.8. The van der Waals surface area contributed by atoms with Gasteiger partial charge < -0.3 is 5.32 Å². The highest BCUT2D eigenvalue weighted by Gasteiger charge is 2.21. The van der Waals surface area contributed by atoms with Gasteiger partial charge in [-0.15, -0.1) is 0 Å². The van der Waals surface area contributed by atoms with Gasteiger partial charge in [0.15, 0.2) is 5.78 Å². The van der Waals surface area contributed by atoms with E-state index in [1.165, 1.54) is 16.4 Å². The van der Waals surface area contributed by atoms with E-state index < -0.39 is 10.0 Å². The maximum absolute atomic E-state index is 12.5. The molecule has 0 radical (unpaired) electrons. The molecule has 0 fully saturated rings. The molecule has 0 unspecified atom stereocenters. The highest BCUT2D eigenvalue weighted by Crippen LogP contribution is 2.18. The van der Waals surface area contributed by atoms with Gasteiger partial charge in [0.2, 0.25) is 15.9 Å². The Labute approximate surface area is 173 Å². The van der Waals surface area contributed by atoms with Crippen LogP contribution in [-0.4, -0.2) is 37.5 Å². The topological polar surface area (TPSA) is 83.5 Å². The van der Waals surface area contributed by atoms with Crippen molar-refractivity contribution in [2.24, 2.45) is 0 Å². The largest absolute Gasteiger partial charge is 0.326 e. The summed E-state index contributed by atoms with van der Waals surface area (Å²) in [7, 11) is -3.53. The maximum Gasteiger partial charge on any atom is 0.243 e. The van der Waals surface area contributed by atoms with Gasteiger partial charge in [0, 0.05) is 37.2 Å². The van der Waals surface area contributed by atoms with Crippen molar-refractivity contribution in [3.05, 3.63) is 59.7 Å². The van der Waals surface area contributed by atoms with Gasteiger partial charge in [-0.25, -0.2) is 8.42 Å². The summed E-state index contributed by atoms with van der Waals surface area (Å²) in [6.45, 7) is 6.41. The van der Waals surface area contributed by atoms with Crippen LogP contribution in [0.3, 0.4) is 0 Å². The molecular weight excluding hydrogens is 388 g/mol. The summed E-state index contributed by atoms with van der Waals surface area (Å²) in [6.07, 6.45) is 1.09. The minimum atomic E-state index is -3.53. The van der Waals surface area contributed by atoms with Gasteiger partial charge in [-0.05, 0) is 36.2 Å². The number of aryl methyl sites for hydroxylation is 1. The lowest BCUT2D eigenvalue weighted by Crippen LogP contribution is -2.30. The molecule has 2 aromatic rings. The van der Waals surface area contributed by atoms with Gasteiger partial charge in [0.05, 0.1) is 4.90 Å². The smallest absolute Gasteiger partial charge is 0.243 e. The highest BCUT2D eigenvalue weighted by molar-refractivity contribution is 7.89. The quantitative estimate of drug-likeness (QED) is 0.596. The molecule has 2 rings (SSSR count). The van der Waals surface area contributed by atoms with Crippen LogP contribution in [-0.2, 0) is 21.2 Å². The molecule has 156 valence electrons. The standard InChI is InChI=1S/C22H28N2O4S/c1-4-17-7-9-18(10-8-17)21(25)15-16-22(26)23-19-11-13-20(14-12-19)29(27,28)24(5-2)6-3/h7-14H,4-6,15-16H2,1-3H3,(H,23,26). The first-order valence-electron chi connectivity index (χ1n) is 9.84. The Morgan fingerprint density at radius 3 is 1.97 bits per heavy atom. The Kier molecular flexibility index (Phi) is 8.10. The molecule has 1 N–H and O–H groups in total. The minimum absolute atomic E-state index is 0.0634. The lowest BCUT2D eigenvalue weighted by molar-refractivity contribution is -0.116. The van der Waals surface area contributed by atoms with Crippen LogP contribution in [0.4, 0.5) is 5.69 Å². The van der Waals surface area contributed by atoms with E-state index in [0.717, 1.165) is 12.0 Å². The van der Waals surface area contributed by atoms with Crippen LogP contribution in [0.5, 0.6) is 0 Å². The summed E-state index contributed by atoms with van der Waals surface area (Å²) in [5.41, 5.74) is 2.25.